The van der Waals surface area contributed by atoms with E-state index >= 15 is 0 Å². The summed E-state index contributed by atoms with van der Waals surface area (Å²) in [5.41, 5.74) is 3.34. The molecule has 21 heavy (non-hydrogen) atoms. The summed E-state index contributed by atoms with van der Waals surface area (Å²) in [7, 11) is 1.86. The normalized spacial score (nSPS) is 11.2. The number of fused-ring (bicyclic) bond motifs is 1. The summed E-state index contributed by atoms with van der Waals surface area (Å²) >= 11 is 5.31. The van der Waals surface area contributed by atoms with Crippen molar-refractivity contribution in [3.05, 3.63) is 35.5 Å². The second-order valence-corrected chi connectivity index (χ2v) is 5.45. The molecule has 0 atom stereocenters. The van der Waals surface area contributed by atoms with Gasteiger partial charge in [0, 0.05) is 35.8 Å². The summed E-state index contributed by atoms with van der Waals surface area (Å²) in [5, 5.41) is 11.2. The number of nitrogens with zero attached hydrogens (tertiary/aromatic N) is 2. The van der Waals surface area contributed by atoms with Crippen molar-refractivity contribution in [1.29, 1.82) is 0 Å². The third-order valence-electron chi connectivity index (χ3n) is 3.40. The van der Waals surface area contributed by atoms with Crippen molar-refractivity contribution in [2.75, 3.05) is 13.6 Å². The van der Waals surface area contributed by atoms with Crippen LogP contribution in [-0.4, -0.2) is 34.9 Å². The number of aromatic nitrogens is 1. The maximum Gasteiger partial charge on any atom is 0.189 e. The van der Waals surface area contributed by atoms with Crippen LogP contribution in [0.1, 0.15) is 31.0 Å². The number of hydrogen-bond acceptors (Lipinski definition) is 2. The third-order valence-corrected chi connectivity index (χ3v) is 3.81. The zero-order valence-electron chi connectivity index (χ0n) is 12.8. The second kappa shape index (κ2) is 7.22. The van der Waals surface area contributed by atoms with Crippen molar-refractivity contribution in [3.8, 4) is 0 Å². The van der Waals surface area contributed by atoms with Crippen LogP contribution in [0.5, 0.6) is 0 Å². The zero-order valence-corrected chi connectivity index (χ0v) is 13.6. The van der Waals surface area contributed by atoms with Gasteiger partial charge in [-0.1, -0.05) is 31.5 Å². The molecule has 0 aliphatic rings. The number of H-pyrrole nitrogens is 1. The molecule has 0 radical (unpaired) electrons. The highest BCUT2D eigenvalue weighted by Crippen LogP contribution is 2.19. The molecule has 0 saturated carbocycles. The molecule has 5 heteroatoms. The first-order valence-electron chi connectivity index (χ1n) is 7.26. The van der Waals surface area contributed by atoms with E-state index in [9.17, 15) is 0 Å². The molecule has 0 amide bonds. The molecule has 0 saturated heterocycles. The zero-order chi connectivity index (χ0) is 15.2. The Hall–Kier alpha value is -1.88. The molecule has 0 spiro atoms. The van der Waals surface area contributed by atoms with E-state index in [1.807, 2.05) is 25.4 Å². The minimum absolute atomic E-state index is 0.650. The van der Waals surface area contributed by atoms with Gasteiger partial charge in [0.15, 0.2) is 5.11 Å². The summed E-state index contributed by atoms with van der Waals surface area (Å²) < 4.78 is 0. The van der Waals surface area contributed by atoms with Gasteiger partial charge < -0.3 is 10.3 Å². The van der Waals surface area contributed by atoms with Crippen molar-refractivity contribution in [2.45, 2.75) is 26.7 Å². The number of para-hydroxylation sites is 1. The Morgan fingerprint density at radius 2 is 2.19 bits per heavy atom. The van der Waals surface area contributed by atoms with E-state index in [2.05, 4.69) is 41.4 Å². The van der Waals surface area contributed by atoms with Gasteiger partial charge in [0.1, 0.15) is 0 Å². The number of unbranched alkanes of at least 4 members (excludes halogenated alkanes) is 1. The fourth-order valence-electron chi connectivity index (χ4n) is 2.15. The number of hydrogen-bond donors (Lipinski definition) is 2. The maximum absolute atomic E-state index is 5.31. The first-order chi connectivity index (χ1) is 10.1. The predicted octanol–water partition coefficient (Wildman–Crippen LogP) is 3.42. The van der Waals surface area contributed by atoms with Crippen LogP contribution in [0.4, 0.5) is 0 Å². The number of benzene rings is 1. The Morgan fingerprint density at radius 3 is 2.95 bits per heavy atom. The van der Waals surface area contributed by atoms with Crippen LogP contribution >= 0.6 is 12.2 Å². The molecular formula is C16H22N4S. The van der Waals surface area contributed by atoms with Gasteiger partial charge in [0.25, 0.3) is 0 Å². The third kappa shape index (κ3) is 3.82. The van der Waals surface area contributed by atoms with Gasteiger partial charge >= 0.3 is 0 Å². The Labute approximate surface area is 131 Å². The molecule has 1 heterocycles. The van der Waals surface area contributed by atoms with Crippen LogP contribution in [0.25, 0.3) is 10.9 Å². The number of nitrogens with one attached hydrogen (secondary N) is 2. The number of rotatable bonds is 5. The van der Waals surface area contributed by atoms with Gasteiger partial charge in [-0.2, -0.15) is 5.10 Å². The van der Waals surface area contributed by atoms with Gasteiger partial charge in [-0.05, 0) is 31.6 Å². The summed E-state index contributed by atoms with van der Waals surface area (Å²) in [5.74, 6) is 0. The van der Waals surface area contributed by atoms with Crippen molar-refractivity contribution >= 4 is 34.4 Å². The Balaban J connectivity index is 2.08. The van der Waals surface area contributed by atoms with E-state index in [0.717, 1.165) is 36.2 Å². The molecule has 1 aromatic carbocycles. The highest BCUT2D eigenvalue weighted by atomic mass is 32.1. The average Bonchev–Trinajstić information content (AvgIpc) is 2.80. The fourth-order valence-corrected chi connectivity index (χ4v) is 2.30. The minimum Gasteiger partial charge on any atom is -0.361 e. The number of hydrazone groups is 1. The van der Waals surface area contributed by atoms with Crippen LogP contribution in [0.3, 0.4) is 0 Å². The van der Waals surface area contributed by atoms with E-state index in [0.29, 0.717) is 5.11 Å². The maximum atomic E-state index is 5.31. The Kier molecular flexibility index (Phi) is 5.33. The largest absolute Gasteiger partial charge is 0.361 e. The van der Waals surface area contributed by atoms with E-state index < -0.39 is 0 Å². The van der Waals surface area contributed by atoms with Crippen molar-refractivity contribution < 1.29 is 0 Å². The lowest BCUT2D eigenvalue weighted by Gasteiger charge is -2.15. The quantitative estimate of drug-likeness (QED) is 0.385. The van der Waals surface area contributed by atoms with E-state index in [1.165, 1.54) is 5.39 Å². The molecule has 0 bridgehead atoms. The average molecular weight is 302 g/mol. The van der Waals surface area contributed by atoms with Gasteiger partial charge in [0.05, 0.1) is 6.21 Å². The van der Waals surface area contributed by atoms with Gasteiger partial charge in [-0.15, -0.1) is 0 Å². The first kappa shape index (κ1) is 15.5. The molecule has 0 fully saturated rings. The van der Waals surface area contributed by atoms with Crippen LogP contribution in [0, 0.1) is 6.92 Å². The van der Waals surface area contributed by atoms with E-state index in [-0.39, 0.29) is 0 Å². The van der Waals surface area contributed by atoms with E-state index in [1.54, 1.807) is 5.01 Å². The highest BCUT2D eigenvalue weighted by Gasteiger charge is 2.06. The molecule has 2 rings (SSSR count). The molecule has 2 aromatic rings. The van der Waals surface area contributed by atoms with Crippen molar-refractivity contribution in [1.82, 2.24) is 15.3 Å². The standard InChI is InChI=1S/C16H22N4S/c1-4-5-10-17-16(21)20(3)18-11-14-12(2)19-15-9-7-6-8-13(14)15/h6-9,11,19H,4-5,10H2,1-3H3,(H,17,21)/b18-11+. The Bertz CT molecular complexity index is 645. The SMILES string of the molecule is CCCCNC(=S)N(C)/N=C/c1c(C)[nH]c2ccccc12. The molecule has 2 N–H and O–H groups in total. The van der Waals surface area contributed by atoms with Crippen LogP contribution in [0.2, 0.25) is 0 Å². The highest BCUT2D eigenvalue weighted by molar-refractivity contribution is 7.80. The summed E-state index contributed by atoms with van der Waals surface area (Å²) in [6, 6.07) is 8.23. The molecular weight excluding hydrogens is 280 g/mol. The van der Waals surface area contributed by atoms with Crippen molar-refractivity contribution in [2.24, 2.45) is 5.10 Å². The Morgan fingerprint density at radius 1 is 1.43 bits per heavy atom. The van der Waals surface area contributed by atoms with Crippen LogP contribution < -0.4 is 5.32 Å². The monoisotopic (exact) mass is 302 g/mol. The van der Waals surface area contributed by atoms with Gasteiger partial charge in [-0.3, -0.25) is 0 Å². The van der Waals surface area contributed by atoms with E-state index in [4.69, 9.17) is 12.2 Å². The lowest BCUT2D eigenvalue weighted by molar-refractivity contribution is 0.530. The van der Waals surface area contributed by atoms with Crippen molar-refractivity contribution in [3.63, 3.8) is 0 Å². The first-order valence-corrected chi connectivity index (χ1v) is 7.67. The molecule has 0 aliphatic carbocycles. The molecule has 1 aromatic heterocycles. The summed E-state index contributed by atoms with van der Waals surface area (Å²) in [6.45, 7) is 5.10. The molecule has 4 nitrogen and oxygen atoms in total. The number of aryl methyl sites for hydroxylation is 1. The molecule has 0 aliphatic heterocycles. The number of aromatic amines is 1. The lowest BCUT2D eigenvalue weighted by atomic mass is 10.1. The summed E-state index contributed by atoms with van der Waals surface area (Å²) in [6.07, 6.45) is 4.12. The van der Waals surface area contributed by atoms with Gasteiger partial charge in [-0.25, -0.2) is 5.01 Å². The topological polar surface area (TPSA) is 43.4 Å². The fraction of sp³-hybridized carbons (Fsp3) is 0.375. The lowest BCUT2D eigenvalue weighted by Crippen LogP contribution is -2.34. The van der Waals surface area contributed by atoms with Gasteiger partial charge in [0.2, 0.25) is 0 Å². The predicted molar refractivity (Wildman–Crippen MR) is 93.9 cm³/mol. The van der Waals surface area contributed by atoms with Crippen LogP contribution in [-0.2, 0) is 0 Å². The molecule has 112 valence electrons. The smallest absolute Gasteiger partial charge is 0.189 e. The number of thiocarbonyl (C=S) groups is 1. The second-order valence-electron chi connectivity index (χ2n) is 5.06. The minimum atomic E-state index is 0.650. The molecule has 0 unspecified atom stereocenters. The van der Waals surface area contributed by atoms with Crippen LogP contribution in [0.15, 0.2) is 29.4 Å². The summed E-state index contributed by atoms with van der Waals surface area (Å²) in [4.78, 5) is 3.36.